The second-order valence-corrected chi connectivity index (χ2v) is 19.5. The number of fused-ring (bicyclic) bond motifs is 5. The predicted molar refractivity (Wildman–Crippen MR) is 225 cm³/mol. The minimum Gasteiger partial charge on any atom is -0.512 e. The summed E-state index contributed by atoms with van der Waals surface area (Å²) in [4.78, 5) is 23.2. The standard InChI is InChI=1S/C31H33N2S2.C15H28O2.Ir/c1-17(2)11-25-18(3)22-14-27-23(15-26(22)34-25)29-30(35-27)28(32-16-33-29)20-12-19-9-7-8-10-21(19)24(13-20)31(4,5)6;1-7-14(5,8-2)12(16)11-13(17)15(6,9-3)10-4;/h7-9,13-18,21,25H,10-11H2,1-6H3;11,16H,7-10H2,1-6H3;/q-1;;/b;12-11-;. The maximum Gasteiger partial charge on any atom is 0.164 e. The van der Waals surface area contributed by atoms with Gasteiger partial charge in [0.15, 0.2) is 5.78 Å². The van der Waals surface area contributed by atoms with Gasteiger partial charge in [-0.1, -0.05) is 94.7 Å². The molecule has 6 rings (SSSR count). The molecule has 1 aromatic carbocycles. The molecule has 0 fully saturated rings. The molecule has 4 nitrogen and oxygen atoms in total. The number of thioether (sulfide) groups is 1. The smallest absolute Gasteiger partial charge is 0.164 e. The van der Waals surface area contributed by atoms with Gasteiger partial charge in [0.2, 0.25) is 0 Å². The summed E-state index contributed by atoms with van der Waals surface area (Å²) in [6.07, 6.45) is 21.6. The zero-order chi connectivity index (χ0) is 38.2. The van der Waals surface area contributed by atoms with Crippen LogP contribution in [-0.4, -0.2) is 26.1 Å². The summed E-state index contributed by atoms with van der Waals surface area (Å²) in [5.41, 5.74) is 6.94. The van der Waals surface area contributed by atoms with Gasteiger partial charge in [-0.25, -0.2) is 4.98 Å². The molecule has 3 aliphatic rings. The van der Waals surface area contributed by atoms with Crippen LogP contribution < -0.4 is 0 Å². The molecule has 3 heterocycles. The number of allylic oxidation sites excluding steroid dienone is 10. The van der Waals surface area contributed by atoms with Crippen LogP contribution >= 0.6 is 23.1 Å². The second kappa shape index (κ2) is 17.2. The van der Waals surface area contributed by atoms with Gasteiger partial charge in [0.25, 0.3) is 0 Å². The molecule has 0 amide bonds. The van der Waals surface area contributed by atoms with Crippen LogP contribution in [0.15, 0.2) is 70.6 Å². The third-order valence-corrected chi connectivity index (χ3v) is 14.9. The van der Waals surface area contributed by atoms with Crippen molar-refractivity contribution >= 4 is 54.8 Å². The number of ketones is 1. The molecule has 3 aromatic rings. The molecule has 53 heavy (non-hydrogen) atoms. The van der Waals surface area contributed by atoms with E-state index in [-0.39, 0.29) is 47.9 Å². The van der Waals surface area contributed by atoms with Crippen molar-refractivity contribution in [2.45, 2.75) is 138 Å². The van der Waals surface area contributed by atoms with Crippen LogP contribution in [0.3, 0.4) is 0 Å². The first-order valence-corrected chi connectivity index (χ1v) is 21.3. The molecule has 3 unspecified atom stereocenters. The molecule has 7 heteroatoms. The summed E-state index contributed by atoms with van der Waals surface area (Å²) in [6, 6.07) is 4.85. The molecule has 0 spiro atoms. The zero-order valence-corrected chi connectivity index (χ0v) is 38.1. The van der Waals surface area contributed by atoms with Gasteiger partial charge in [0, 0.05) is 67.6 Å². The number of carbonyl (C=O) groups excluding carboxylic acids is 1. The number of thiophene rings is 1. The quantitative estimate of drug-likeness (QED) is 0.125. The first-order chi connectivity index (χ1) is 24.5. The summed E-state index contributed by atoms with van der Waals surface area (Å²) in [7, 11) is 0. The Kier molecular flexibility index (Phi) is 14.1. The van der Waals surface area contributed by atoms with Crippen molar-refractivity contribution < 1.29 is 30.0 Å². The molecule has 0 bridgehead atoms. The number of carbonyl (C=O) groups is 1. The van der Waals surface area contributed by atoms with Gasteiger partial charge in [0.05, 0.1) is 5.52 Å². The Morgan fingerprint density at radius 2 is 1.68 bits per heavy atom. The van der Waals surface area contributed by atoms with E-state index in [2.05, 4.69) is 95.8 Å². The number of hydrogen-bond acceptors (Lipinski definition) is 6. The van der Waals surface area contributed by atoms with Crippen molar-refractivity contribution in [1.29, 1.82) is 0 Å². The third-order valence-electron chi connectivity index (χ3n) is 12.3. The van der Waals surface area contributed by atoms with Gasteiger partial charge < -0.3 is 5.11 Å². The SMILES string of the molecule is CC(C)CC1Sc2cc3c(cc2C1C)sc1c(C2=[C-]C4=CC=CCC4C(C(C)(C)C)=C2)ncnc13.CCC(C)(CC)C(=O)/C=C(\O)C(C)(CC)CC.[Ir]. The number of hydrogen-bond donors (Lipinski definition) is 1. The van der Waals surface area contributed by atoms with Crippen LogP contribution in [0, 0.1) is 34.2 Å². The van der Waals surface area contributed by atoms with E-state index < -0.39 is 0 Å². The first kappa shape index (κ1) is 43.4. The fourth-order valence-electron chi connectivity index (χ4n) is 7.50. The van der Waals surface area contributed by atoms with Crippen LogP contribution in [0.2, 0.25) is 0 Å². The molecule has 289 valence electrons. The molecule has 1 aliphatic heterocycles. The fourth-order valence-corrected chi connectivity index (χ4v) is 10.4. The Bertz CT molecular complexity index is 1960. The van der Waals surface area contributed by atoms with E-state index in [1.54, 1.807) is 6.33 Å². The molecular weight excluding hydrogens is 869 g/mol. The van der Waals surface area contributed by atoms with E-state index in [4.69, 9.17) is 9.97 Å². The normalized spacial score (nSPS) is 20.3. The molecule has 2 aromatic heterocycles. The van der Waals surface area contributed by atoms with Crippen LogP contribution in [-0.2, 0) is 24.9 Å². The molecular formula is C46H61IrN2O2S2-. The Morgan fingerprint density at radius 1 is 1.02 bits per heavy atom. The number of nitrogens with zero attached hydrogens (tertiary/aromatic N) is 2. The summed E-state index contributed by atoms with van der Waals surface area (Å²) in [5.74, 6) is 2.02. The number of benzene rings is 1. The molecule has 0 saturated carbocycles. The summed E-state index contributed by atoms with van der Waals surface area (Å²) >= 11 is 3.91. The number of aromatic nitrogens is 2. The van der Waals surface area contributed by atoms with E-state index in [1.165, 1.54) is 48.9 Å². The van der Waals surface area contributed by atoms with Crippen LogP contribution in [0.25, 0.3) is 25.9 Å². The second-order valence-electron chi connectivity index (χ2n) is 17.1. The van der Waals surface area contributed by atoms with Crippen LogP contribution in [0.5, 0.6) is 0 Å². The summed E-state index contributed by atoms with van der Waals surface area (Å²) < 4.78 is 2.51. The van der Waals surface area contributed by atoms with Gasteiger partial charge in [-0.15, -0.1) is 58.5 Å². The van der Waals surface area contributed by atoms with E-state index in [0.717, 1.165) is 54.8 Å². The first-order valence-electron chi connectivity index (χ1n) is 19.6. The maximum atomic E-state index is 12.2. The van der Waals surface area contributed by atoms with E-state index in [1.807, 2.05) is 52.9 Å². The monoisotopic (exact) mass is 930 g/mol. The topological polar surface area (TPSA) is 63.1 Å². The largest absolute Gasteiger partial charge is 0.512 e. The van der Waals surface area contributed by atoms with Gasteiger partial charge in [-0.05, 0) is 79.4 Å². The van der Waals surface area contributed by atoms with Gasteiger partial charge in [-0.2, -0.15) is 0 Å². The Morgan fingerprint density at radius 3 is 2.28 bits per heavy atom. The average molecular weight is 930 g/mol. The van der Waals surface area contributed by atoms with Crippen molar-refractivity contribution in [3.05, 3.63) is 83.1 Å². The Labute approximate surface area is 341 Å². The van der Waals surface area contributed by atoms with Crippen molar-refractivity contribution in [2.75, 3.05) is 0 Å². The van der Waals surface area contributed by atoms with Crippen LogP contribution in [0.1, 0.15) is 139 Å². The molecule has 3 atom stereocenters. The fraction of sp³-hybridized carbons (Fsp3) is 0.543. The Hall–Kier alpha value is -2.31. The third kappa shape index (κ3) is 8.90. The van der Waals surface area contributed by atoms with Gasteiger partial charge >= 0.3 is 0 Å². The van der Waals surface area contributed by atoms with E-state index >= 15 is 0 Å². The molecule has 1 radical (unpaired) electrons. The summed E-state index contributed by atoms with van der Waals surface area (Å²) in [5, 5.41) is 12.1. The van der Waals surface area contributed by atoms with Crippen molar-refractivity contribution in [2.24, 2.45) is 28.1 Å². The van der Waals surface area contributed by atoms with Crippen molar-refractivity contribution in [3.8, 4) is 0 Å². The predicted octanol–water partition coefficient (Wildman–Crippen LogP) is 13.8. The maximum absolute atomic E-state index is 12.2. The minimum atomic E-state index is -0.337. The Balaban J connectivity index is 0.000000299. The average Bonchev–Trinajstić information content (AvgIpc) is 3.64. The van der Waals surface area contributed by atoms with Crippen LogP contribution in [0.4, 0.5) is 0 Å². The minimum absolute atomic E-state index is 0. The molecule has 2 aliphatic carbocycles. The van der Waals surface area contributed by atoms with E-state index in [9.17, 15) is 9.90 Å². The molecule has 1 N–H and O–H groups in total. The van der Waals surface area contributed by atoms with E-state index in [0.29, 0.717) is 17.1 Å². The zero-order valence-electron chi connectivity index (χ0n) is 34.1. The van der Waals surface area contributed by atoms with Gasteiger partial charge in [-0.3, -0.25) is 9.78 Å². The van der Waals surface area contributed by atoms with Crippen molar-refractivity contribution in [1.82, 2.24) is 9.97 Å². The van der Waals surface area contributed by atoms with Crippen molar-refractivity contribution in [3.63, 3.8) is 0 Å². The number of rotatable bonds is 10. The van der Waals surface area contributed by atoms with Gasteiger partial charge in [0.1, 0.15) is 12.1 Å². The summed E-state index contributed by atoms with van der Waals surface area (Å²) in [6.45, 7) is 26.1. The number of aliphatic hydroxyl groups is 1. The molecule has 0 saturated heterocycles. The number of aliphatic hydroxyl groups excluding tert-OH is 1.